The van der Waals surface area contributed by atoms with Gasteiger partial charge in [-0.25, -0.2) is 4.79 Å². The van der Waals surface area contributed by atoms with Crippen molar-refractivity contribution in [3.8, 4) is 0 Å². The highest BCUT2D eigenvalue weighted by Crippen LogP contribution is 2.24. The van der Waals surface area contributed by atoms with E-state index in [0.29, 0.717) is 19.7 Å². The smallest absolute Gasteiger partial charge is 0.410 e. The van der Waals surface area contributed by atoms with Crippen LogP contribution in [0.3, 0.4) is 0 Å². The van der Waals surface area contributed by atoms with Crippen molar-refractivity contribution >= 4 is 11.8 Å². The van der Waals surface area contributed by atoms with Gasteiger partial charge >= 0.3 is 6.09 Å². The quantitative estimate of drug-likeness (QED) is 0.668. The number of hydrazone groups is 1. The van der Waals surface area contributed by atoms with Crippen molar-refractivity contribution in [1.82, 2.24) is 20.5 Å². The Morgan fingerprint density at radius 1 is 1.60 bits per heavy atom. The molecule has 0 saturated carbocycles. The summed E-state index contributed by atoms with van der Waals surface area (Å²) in [7, 11) is 0. The predicted octanol–water partition coefficient (Wildman–Crippen LogP) is 1.48. The maximum Gasteiger partial charge on any atom is 0.410 e. The molecule has 0 spiro atoms. The summed E-state index contributed by atoms with van der Waals surface area (Å²) in [6, 6.07) is 1.69. The van der Waals surface area contributed by atoms with Gasteiger partial charge in [0.1, 0.15) is 6.04 Å². The van der Waals surface area contributed by atoms with Crippen LogP contribution < -0.4 is 5.43 Å². The topological polar surface area (TPSA) is 79.7 Å². The number of amides is 1. The minimum absolute atomic E-state index is 0.174. The number of carbonyl (C=O) groups excluding carboxylic acids is 1. The van der Waals surface area contributed by atoms with Crippen LogP contribution in [0.25, 0.3) is 0 Å². The van der Waals surface area contributed by atoms with Crippen molar-refractivity contribution in [1.29, 1.82) is 0 Å². The first kappa shape index (κ1) is 14.2. The van der Waals surface area contributed by atoms with Gasteiger partial charge in [-0.3, -0.25) is 5.43 Å². The normalized spacial score (nSPS) is 17.1. The van der Waals surface area contributed by atoms with Gasteiger partial charge < -0.3 is 9.64 Å². The average Bonchev–Trinajstić information content (AvgIpc) is 2.44. The second-order valence-electron chi connectivity index (χ2n) is 4.76. The lowest BCUT2D eigenvalue weighted by molar-refractivity contribution is 0.0958. The molecule has 0 aromatic carbocycles. The van der Waals surface area contributed by atoms with Crippen molar-refractivity contribution in [3.63, 3.8) is 0 Å². The summed E-state index contributed by atoms with van der Waals surface area (Å²) in [6.07, 6.45) is 1.30. The fraction of sp³-hybridized carbons (Fsp3) is 0.538. The lowest BCUT2D eigenvalue weighted by Gasteiger charge is -2.32. The molecule has 0 radical (unpaired) electrons. The highest BCUT2D eigenvalue weighted by Gasteiger charge is 2.30. The molecule has 1 atom stereocenters. The van der Waals surface area contributed by atoms with Crippen molar-refractivity contribution in [2.24, 2.45) is 5.10 Å². The van der Waals surface area contributed by atoms with Crippen molar-refractivity contribution in [2.45, 2.75) is 33.4 Å². The first-order valence-electron chi connectivity index (χ1n) is 6.60. The summed E-state index contributed by atoms with van der Waals surface area (Å²) in [6.45, 7) is 6.90. The summed E-state index contributed by atoms with van der Waals surface area (Å²) >= 11 is 0. The molecule has 108 valence electrons. The Bertz CT molecular complexity index is 513. The van der Waals surface area contributed by atoms with E-state index in [0.717, 1.165) is 17.0 Å². The van der Waals surface area contributed by atoms with Crippen molar-refractivity contribution < 1.29 is 9.53 Å². The van der Waals surface area contributed by atoms with Gasteiger partial charge in [0.05, 0.1) is 25.4 Å². The minimum atomic E-state index is -0.320. The molecule has 1 amide bonds. The number of hydrogen-bond acceptors (Lipinski definition) is 6. The molecule has 7 nitrogen and oxygen atoms in total. The van der Waals surface area contributed by atoms with E-state index >= 15 is 0 Å². The van der Waals surface area contributed by atoms with Crippen LogP contribution in [0.15, 0.2) is 17.4 Å². The number of nitrogens with one attached hydrogen (secondary N) is 1. The molecule has 1 N–H and O–H groups in total. The molecule has 1 unspecified atom stereocenters. The Hall–Kier alpha value is -2.18. The predicted molar refractivity (Wildman–Crippen MR) is 74.1 cm³/mol. The van der Waals surface area contributed by atoms with E-state index in [1.54, 1.807) is 18.0 Å². The molecule has 1 aliphatic rings. The van der Waals surface area contributed by atoms with Crippen LogP contribution in [-0.2, 0) is 11.3 Å². The summed E-state index contributed by atoms with van der Waals surface area (Å²) in [5.74, 6) is 0. The van der Waals surface area contributed by atoms with Crippen molar-refractivity contribution in [3.05, 3.63) is 23.5 Å². The highest BCUT2D eigenvalue weighted by atomic mass is 16.6. The van der Waals surface area contributed by atoms with Crippen LogP contribution in [0.5, 0.6) is 0 Å². The fourth-order valence-electron chi connectivity index (χ4n) is 2.04. The molecule has 2 rings (SSSR count). The van der Waals surface area contributed by atoms with Gasteiger partial charge in [-0.05, 0) is 32.4 Å². The molecule has 7 heteroatoms. The van der Waals surface area contributed by atoms with Crippen LogP contribution in [0, 0.1) is 0 Å². The van der Waals surface area contributed by atoms with E-state index < -0.39 is 0 Å². The van der Waals surface area contributed by atoms with E-state index in [2.05, 4.69) is 20.7 Å². The van der Waals surface area contributed by atoms with Gasteiger partial charge in [0.2, 0.25) is 0 Å². The Labute approximate surface area is 118 Å². The molecule has 1 aromatic heterocycles. The zero-order valence-corrected chi connectivity index (χ0v) is 12.0. The molecular weight excluding hydrogens is 258 g/mol. The summed E-state index contributed by atoms with van der Waals surface area (Å²) in [5, 5.41) is 12.3. The van der Waals surface area contributed by atoms with Crippen LogP contribution in [-0.4, -0.2) is 40.1 Å². The molecular formula is C13H19N5O2. The zero-order valence-electron chi connectivity index (χ0n) is 12.0. The standard InChI is InChI=1S/C13H19N5O2/c1-4-20-13(19)18-7-10-5-6-14-17-12(10)11(8-18)16-15-9(2)3/h5-6,11,16H,4,7-8H2,1-3H3. The Balaban J connectivity index is 2.21. The third kappa shape index (κ3) is 3.23. The van der Waals surface area contributed by atoms with Gasteiger partial charge in [-0.15, -0.1) is 0 Å². The largest absolute Gasteiger partial charge is 0.450 e. The molecule has 1 aromatic rings. The second-order valence-corrected chi connectivity index (χ2v) is 4.76. The Morgan fingerprint density at radius 3 is 3.10 bits per heavy atom. The SMILES string of the molecule is CCOC(=O)N1Cc2ccnnc2C(NN=C(C)C)C1. The van der Waals surface area contributed by atoms with E-state index in [-0.39, 0.29) is 12.1 Å². The number of nitrogens with zero attached hydrogens (tertiary/aromatic N) is 4. The maximum atomic E-state index is 11.9. The Morgan fingerprint density at radius 2 is 2.40 bits per heavy atom. The Kier molecular flexibility index (Phi) is 4.49. The average molecular weight is 277 g/mol. The zero-order chi connectivity index (χ0) is 14.5. The van der Waals surface area contributed by atoms with Gasteiger partial charge in [0.25, 0.3) is 0 Å². The summed E-state index contributed by atoms with van der Waals surface area (Å²) < 4.78 is 5.06. The minimum Gasteiger partial charge on any atom is -0.450 e. The molecule has 1 aliphatic heterocycles. The van der Waals surface area contributed by atoms with Crippen LogP contribution in [0.1, 0.15) is 38.1 Å². The first-order chi connectivity index (χ1) is 9.61. The number of ether oxygens (including phenoxy) is 1. The van der Waals surface area contributed by atoms with E-state index in [9.17, 15) is 4.79 Å². The van der Waals surface area contributed by atoms with Gasteiger partial charge in [-0.1, -0.05) is 0 Å². The highest BCUT2D eigenvalue weighted by molar-refractivity contribution is 5.78. The monoisotopic (exact) mass is 277 g/mol. The lowest BCUT2D eigenvalue weighted by atomic mass is 10.0. The van der Waals surface area contributed by atoms with Crippen molar-refractivity contribution in [2.75, 3.05) is 13.2 Å². The number of carbonyl (C=O) groups is 1. The van der Waals surface area contributed by atoms with E-state index in [1.807, 2.05) is 19.9 Å². The van der Waals surface area contributed by atoms with Crippen LogP contribution in [0.2, 0.25) is 0 Å². The molecule has 0 aliphatic carbocycles. The molecule has 0 bridgehead atoms. The number of hydrogen-bond donors (Lipinski definition) is 1. The summed E-state index contributed by atoms with van der Waals surface area (Å²) in [4.78, 5) is 13.5. The third-order valence-corrected chi connectivity index (χ3v) is 2.90. The first-order valence-corrected chi connectivity index (χ1v) is 6.60. The lowest BCUT2D eigenvalue weighted by Crippen LogP contribution is -2.42. The maximum absolute atomic E-state index is 11.9. The number of aromatic nitrogens is 2. The molecule has 0 saturated heterocycles. The van der Waals surface area contributed by atoms with Crippen LogP contribution in [0.4, 0.5) is 4.79 Å². The van der Waals surface area contributed by atoms with Gasteiger partial charge in [0.15, 0.2) is 0 Å². The number of rotatable bonds is 3. The van der Waals surface area contributed by atoms with E-state index in [1.165, 1.54) is 0 Å². The molecule has 0 fully saturated rings. The van der Waals surface area contributed by atoms with Gasteiger partial charge in [-0.2, -0.15) is 15.3 Å². The molecule has 20 heavy (non-hydrogen) atoms. The van der Waals surface area contributed by atoms with Crippen LogP contribution >= 0.6 is 0 Å². The second kappa shape index (κ2) is 6.31. The third-order valence-electron chi connectivity index (χ3n) is 2.90. The summed E-state index contributed by atoms with van der Waals surface area (Å²) in [5.41, 5.74) is 5.74. The fourth-order valence-corrected chi connectivity index (χ4v) is 2.04. The van der Waals surface area contributed by atoms with Gasteiger partial charge in [0, 0.05) is 11.9 Å². The molecule has 2 heterocycles. The van der Waals surface area contributed by atoms with E-state index in [4.69, 9.17) is 4.74 Å². The number of fused-ring (bicyclic) bond motifs is 1.